The molecular formula is C14H16FN3O3. The van der Waals surface area contributed by atoms with Crippen molar-refractivity contribution in [2.45, 2.75) is 13.5 Å². The first-order valence-electron chi connectivity index (χ1n) is 6.50. The number of nitrogens with zero attached hydrogens (tertiary/aromatic N) is 3. The molecule has 0 saturated carbocycles. The monoisotopic (exact) mass is 293 g/mol. The van der Waals surface area contributed by atoms with E-state index in [9.17, 15) is 9.18 Å². The van der Waals surface area contributed by atoms with Gasteiger partial charge in [-0.3, -0.25) is 9.69 Å². The second kappa shape index (κ2) is 6.94. The van der Waals surface area contributed by atoms with Gasteiger partial charge in [0.15, 0.2) is 5.82 Å². The SMILES string of the molecule is CCN(CC(=O)OC)Cc1noc(-c2ccc(F)cc2)n1. The van der Waals surface area contributed by atoms with Gasteiger partial charge in [-0.15, -0.1) is 0 Å². The van der Waals surface area contributed by atoms with Crippen molar-refractivity contribution in [3.05, 3.63) is 35.9 Å². The number of carbonyl (C=O) groups is 1. The van der Waals surface area contributed by atoms with Gasteiger partial charge in [0.05, 0.1) is 20.2 Å². The first-order chi connectivity index (χ1) is 10.1. The smallest absolute Gasteiger partial charge is 0.319 e. The van der Waals surface area contributed by atoms with Crippen molar-refractivity contribution in [3.8, 4) is 11.5 Å². The van der Waals surface area contributed by atoms with Crippen LogP contribution in [0.25, 0.3) is 11.5 Å². The van der Waals surface area contributed by atoms with E-state index in [1.165, 1.54) is 19.2 Å². The molecule has 0 N–H and O–H groups in total. The van der Waals surface area contributed by atoms with Crippen molar-refractivity contribution in [1.82, 2.24) is 15.0 Å². The summed E-state index contributed by atoms with van der Waals surface area (Å²) in [6.07, 6.45) is 0. The predicted octanol–water partition coefficient (Wildman–Crippen LogP) is 1.87. The van der Waals surface area contributed by atoms with E-state index in [2.05, 4.69) is 14.9 Å². The molecule has 0 radical (unpaired) electrons. The van der Waals surface area contributed by atoms with Gasteiger partial charge in [-0.2, -0.15) is 4.98 Å². The van der Waals surface area contributed by atoms with Crippen LogP contribution in [0.1, 0.15) is 12.7 Å². The molecule has 0 unspecified atom stereocenters. The second-order valence-corrected chi connectivity index (χ2v) is 4.40. The zero-order valence-electron chi connectivity index (χ0n) is 11.9. The number of aromatic nitrogens is 2. The minimum absolute atomic E-state index is 0.160. The van der Waals surface area contributed by atoms with Crippen LogP contribution in [0.5, 0.6) is 0 Å². The molecule has 112 valence electrons. The summed E-state index contributed by atoms with van der Waals surface area (Å²) in [4.78, 5) is 17.3. The van der Waals surface area contributed by atoms with Crippen molar-refractivity contribution in [2.75, 3.05) is 20.2 Å². The highest BCUT2D eigenvalue weighted by Gasteiger charge is 2.14. The summed E-state index contributed by atoms with van der Waals surface area (Å²) in [6, 6.07) is 5.79. The van der Waals surface area contributed by atoms with Gasteiger partial charge in [0.2, 0.25) is 0 Å². The highest BCUT2D eigenvalue weighted by atomic mass is 19.1. The van der Waals surface area contributed by atoms with Crippen molar-refractivity contribution in [3.63, 3.8) is 0 Å². The van der Waals surface area contributed by atoms with Crippen LogP contribution in [0, 0.1) is 5.82 Å². The zero-order chi connectivity index (χ0) is 15.2. The van der Waals surface area contributed by atoms with E-state index in [0.29, 0.717) is 30.4 Å². The van der Waals surface area contributed by atoms with Crippen LogP contribution in [-0.4, -0.2) is 41.2 Å². The third-order valence-corrected chi connectivity index (χ3v) is 2.95. The quantitative estimate of drug-likeness (QED) is 0.757. The summed E-state index contributed by atoms with van der Waals surface area (Å²) >= 11 is 0. The van der Waals surface area contributed by atoms with Gasteiger partial charge in [-0.05, 0) is 30.8 Å². The number of hydrogen-bond donors (Lipinski definition) is 0. The summed E-state index contributed by atoms with van der Waals surface area (Å²) in [5.74, 6) is 0.132. The highest BCUT2D eigenvalue weighted by molar-refractivity contribution is 5.71. The van der Waals surface area contributed by atoms with E-state index in [-0.39, 0.29) is 18.3 Å². The van der Waals surface area contributed by atoms with Gasteiger partial charge in [-0.1, -0.05) is 12.1 Å². The van der Waals surface area contributed by atoms with Crippen LogP contribution in [-0.2, 0) is 16.1 Å². The van der Waals surface area contributed by atoms with E-state index in [1.54, 1.807) is 12.1 Å². The maximum atomic E-state index is 12.9. The number of halogens is 1. The Hall–Kier alpha value is -2.28. The summed E-state index contributed by atoms with van der Waals surface area (Å²) in [7, 11) is 1.34. The maximum Gasteiger partial charge on any atom is 0.319 e. The summed E-state index contributed by atoms with van der Waals surface area (Å²) in [5.41, 5.74) is 0.645. The molecule has 0 aliphatic carbocycles. The average molecular weight is 293 g/mol. The molecule has 1 aromatic heterocycles. The Kier molecular flexibility index (Phi) is 4.99. The molecule has 0 atom stereocenters. The topological polar surface area (TPSA) is 68.5 Å². The maximum absolute atomic E-state index is 12.9. The Labute approximate surface area is 121 Å². The van der Waals surface area contributed by atoms with Gasteiger partial charge in [0, 0.05) is 5.56 Å². The molecule has 0 saturated heterocycles. The van der Waals surface area contributed by atoms with Crippen molar-refractivity contribution in [2.24, 2.45) is 0 Å². The van der Waals surface area contributed by atoms with Crippen LogP contribution in [0.15, 0.2) is 28.8 Å². The second-order valence-electron chi connectivity index (χ2n) is 4.40. The lowest BCUT2D eigenvalue weighted by Crippen LogP contribution is -2.30. The van der Waals surface area contributed by atoms with E-state index in [0.717, 1.165) is 0 Å². The molecule has 1 heterocycles. The van der Waals surface area contributed by atoms with E-state index < -0.39 is 0 Å². The number of ether oxygens (including phenoxy) is 1. The fraction of sp³-hybridized carbons (Fsp3) is 0.357. The van der Waals surface area contributed by atoms with E-state index in [4.69, 9.17) is 4.52 Å². The van der Waals surface area contributed by atoms with Crippen molar-refractivity contribution in [1.29, 1.82) is 0 Å². The molecule has 21 heavy (non-hydrogen) atoms. The first kappa shape index (κ1) is 15.1. The number of methoxy groups -OCH3 is 1. The summed E-state index contributed by atoms with van der Waals surface area (Å²) in [5, 5.41) is 3.86. The molecule has 0 spiro atoms. The van der Waals surface area contributed by atoms with Gasteiger partial charge in [0.1, 0.15) is 5.82 Å². The Balaban J connectivity index is 2.05. The van der Waals surface area contributed by atoms with Crippen LogP contribution in [0.4, 0.5) is 4.39 Å². The molecule has 2 rings (SSSR count). The molecule has 0 amide bonds. The zero-order valence-corrected chi connectivity index (χ0v) is 11.9. The molecule has 2 aromatic rings. The number of carbonyl (C=O) groups excluding carboxylic acids is 1. The lowest BCUT2D eigenvalue weighted by atomic mass is 10.2. The van der Waals surface area contributed by atoms with E-state index in [1.807, 2.05) is 11.8 Å². The number of hydrogen-bond acceptors (Lipinski definition) is 6. The minimum Gasteiger partial charge on any atom is -0.468 e. The number of benzene rings is 1. The predicted molar refractivity (Wildman–Crippen MR) is 72.7 cm³/mol. The lowest BCUT2D eigenvalue weighted by molar-refractivity contribution is -0.142. The van der Waals surface area contributed by atoms with E-state index >= 15 is 0 Å². The lowest BCUT2D eigenvalue weighted by Gasteiger charge is -2.16. The Morgan fingerprint density at radius 2 is 2.10 bits per heavy atom. The van der Waals surface area contributed by atoms with Crippen LogP contribution in [0.3, 0.4) is 0 Å². The Bertz CT molecular complexity index is 598. The van der Waals surface area contributed by atoms with Gasteiger partial charge in [-0.25, -0.2) is 4.39 Å². The standard InChI is InChI=1S/C14H16FN3O3/c1-3-18(9-13(19)20-2)8-12-16-14(21-17-12)10-4-6-11(15)7-5-10/h4-7H,3,8-9H2,1-2H3. The fourth-order valence-corrected chi connectivity index (χ4v) is 1.75. The molecule has 0 aliphatic heterocycles. The molecule has 6 nitrogen and oxygen atoms in total. The third kappa shape index (κ3) is 4.09. The first-order valence-corrected chi connectivity index (χ1v) is 6.50. The van der Waals surface area contributed by atoms with Gasteiger partial charge < -0.3 is 9.26 Å². The average Bonchev–Trinajstić information content (AvgIpc) is 2.95. The molecular weight excluding hydrogens is 277 g/mol. The Morgan fingerprint density at radius 1 is 1.38 bits per heavy atom. The summed E-state index contributed by atoms with van der Waals surface area (Å²) in [6.45, 7) is 3.10. The Morgan fingerprint density at radius 3 is 2.71 bits per heavy atom. The fourth-order valence-electron chi connectivity index (χ4n) is 1.75. The minimum atomic E-state index is -0.325. The largest absolute Gasteiger partial charge is 0.468 e. The van der Waals surface area contributed by atoms with Crippen LogP contribution >= 0.6 is 0 Å². The number of likely N-dealkylation sites (N-methyl/N-ethyl adjacent to an activating group) is 1. The van der Waals surface area contributed by atoms with Crippen LogP contribution < -0.4 is 0 Å². The normalized spacial score (nSPS) is 10.9. The third-order valence-electron chi connectivity index (χ3n) is 2.95. The summed E-state index contributed by atoms with van der Waals surface area (Å²) < 4.78 is 22.6. The molecule has 7 heteroatoms. The van der Waals surface area contributed by atoms with Crippen molar-refractivity contribution < 1.29 is 18.4 Å². The molecule has 1 aromatic carbocycles. The van der Waals surface area contributed by atoms with Crippen molar-refractivity contribution >= 4 is 5.97 Å². The molecule has 0 aliphatic rings. The molecule has 0 bridgehead atoms. The highest BCUT2D eigenvalue weighted by Crippen LogP contribution is 2.17. The number of rotatable bonds is 6. The van der Waals surface area contributed by atoms with Gasteiger partial charge >= 0.3 is 5.97 Å². The molecule has 0 fully saturated rings. The van der Waals surface area contributed by atoms with Gasteiger partial charge in [0.25, 0.3) is 5.89 Å². The van der Waals surface area contributed by atoms with Crippen LogP contribution in [0.2, 0.25) is 0 Å². The number of esters is 1.